The summed E-state index contributed by atoms with van der Waals surface area (Å²) in [4.78, 5) is 12.4. The molecule has 1 amide bonds. The van der Waals surface area contributed by atoms with Gasteiger partial charge in [0.2, 0.25) is 5.91 Å². The molecule has 0 bridgehead atoms. The second kappa shape index (κ2) is 15.9. The maximum Gasteiger partial charge on any atom is 0.224 e. The van der Waals surface area contributed by atoms with Crippen LogP contribution in [0.3, 0.4) is 0 Å². The first-order chi connectivity index (χ1) is 15.2. The highest BCUT2D eigenvalue weighted by Crippen LogP contribution is 2.29. The average Bonchev–Trinajstić information content (AvgIpc) is 2.77. The predicted molar refractivity (Wildman–Crippen MR) is 136 cm³/mol. The van der Waals surface area contributed by atoms with Crippen LogP contribution >= 0.6 is 11.6 Å². The van der Waals surface area contributed by atoms with E-state index in [1.807, 2.05) is 48.5 Å². The van der Waals surface area contributed by atoms with Crippen molar-refractivity contribution in [3.63, 3.8) is 0 Å². The van der Waals surface area contributed by atoms with Gasteiger partial charge in [-0.3, -0.25) is 4.79 Å². The Kier molecular flexibility index (Phi) is 13.1. The van der Waals surface area contributed by atoms with Gasteiger partial charge in [0.15, 0.2) is 0 Å². The monoisotopic (exact) mass is 441 g/mol. The summed E-state index contributed by atoms with van der Waals surface area (Å²) in [5, 5.41) is 3.79. The summed E-state index contributed by atoms with van der Waals surface area (Å²) < 4.78 is 0. The van der Waals surface area contributed by atoms with Crippen molar-refractivity contribution in [2.24, 2.45) is 0 Å². The minimum Gasteiger partial charge on any atom is -0.326 e. The number of halogens is 1. The molecule has 0 fully saturated rings. The van der Waals surface area contributed by atoms with Crippen LogP contribution in [0.25, 0.3) is 11.1 Å². The zero-order valence-electron chi connectivity index (χ0n) is 19.3. The van der Waals surface area contributed by atoms with Gasteiger partial charge in [-0.25, -0.2) is 0 Å². The number of nitrogens with one attached hydrogen (secondary N) is 1. The van der Waals surface area contributed by atoms with Gasteiger partial charge in [-0.1, -0.05) is 126 Å². The van der Waals surface area contributed by atoms with Crippen molar-refractivity contribution in [1.82, 2.24) is 0 Å². The van der Waals surface area contributed by atoms with E-state index < -0.39 is 0 Å². The number of anilines is 1. The Hall–Kier alpha value is -1.80. The normalized spacial score (nSPS) is 10.9. The SMILES string of the molecule is CCCCCCCCCCCCCCCC(=O)Nc1ccccc1-c1cccc(Cl)c1. The number of benzene rings is 2. The molecular formula is C28H40ClNO. The number of amides is 1. The van der Waals surface area contributed by atoms with Gasteiger partial charge >= 0.3 is 0 Å². The zero-order valence-corrected chi connectivity index (χ0v) is 20.1. The van der Waals surface area contributed by atoms with Crippen molar-refractivity contribution in [1.29, 1.82) is 0 Å². The number of unbranched alkanes of at least 4 members (excludes halogenated alkanes) is 12. The summed E-state index contributed by atoms with van der Waals surface area (Å²) in [5.74, 6) is 0.0950. The van der Waals surface area contributed by atoms with Crippen LogP contribution in [0.2, 0.25) is 5.02 Å². The second-order valence-corrected chi connectivity index (χ2v) is 9.03. The Balaban J connectivity index is 1.56. The van der Waals surface area contributed by atoms with Gasteiger partial charge in [-0.2, -0.15) is 0 Å². The number of hydrogen-bond acceptors (Lipinski definition) is 1. The fourth-order valence-electron chi connectivity index (χ4n) is 4.02. The summed E-state index contributed by atoms with van der Waals surface area (Å²) in [6.45, 7) is 2.27. The topological polar surface area (TPSA) is 29.1 Å². The molecule has 0 aliphatic heterocycles. The largest absolute Gasteiger partial charge is 0.326 e. The van der Waals surface area contributed by atoms with Crippen molar-refractivity contribution < 1.29 is 4.79 Å². The highest BCUT2D eigenvalue weighted by Gasteiger charge is 2.08. The third-order valence-corrected chi connectivity index (χ3v) is 6.08. The molecule has 2 aromatic carbocycles. The van der Waals surface area contributed by atoms with Gasteiger partial charge < -0.3 is 5.32 Å². The van der Waals surface area contributed by atoms with Crippen LogP contribution in [0.1, 0.15) is 96.8 Å². The minimum absolute atomic E-state index is 0.0950. The third-order valence-electron chi connectivity index (χ3n) is 5.84. The molecule has 2 rings (SSSR count). The van der Waals surface area contributed by atoms with E-state index in [9.17, 15) is 4.79 Å². The Bertz CT molecular complexity index is 758. The van der Waals surface area contributed by atoms with Crippen molar-refractivity contribution in [2.45, 2.75) is 96.8 Å². The maximum absolute atomic E-state index is 12.4. The maximum atomic E-state index is 12.4. The molecule has 0 heterocycles. The van der Waals surface area contributed by atoms with Gasteiger partial charge in [0, 0.05) is 22.7 Å². The molecule has 0 radical (unpaired) electrons. The number of para-hydroxylation sites is 1. The van der Waals surface area contributed by atoms with E-state index in [-0.39, 0.29) is 5.91 Å². The van der Waals surface area contributed by atoms with Crippen molar-refractivity contribution in [3.8, 4) is 11.1 Å². The first-order valence-electron chi connectivity index (χ1n) is 12.4. The number of carbonyl (C=O) groups excluding carboxylic acids is 1. The summed E-state index contributed by atoms with van der Waals surface area (Å²) in [5.41, 5.74) is 2.87. The molecule has 1 N–H and O–H groups in total. The van der Waals surface area contributed by atoms with Crippen molar-refractivity contribution >= 4 is 23.2 Å². The quantitative estimate of drug-likeness (QED) is 0.258. The lowest BCUT2D eigenvalue weighted by Gasteiger charge is -2.11. The van der Waals surface area contributed by atoms with E-state index in [0.29, 0.717) is 11.4 Å². The molecule has 0 aromatic heterocycles. The molecule has 0 unspecified atom stereocenters. The molecular weight excluding hydrogens is 402 g/mol. The van der Waals surface area contributed by atoms with E-state index in [1.54, 1.807) is 0 Å². The van der Waals surface area contributed by atoms with Crippen molar-refractivity contribution in [2.75, 3.05) is 5.32 Å². The van der Waals surface area contributed by atoms with Crippen LogP contribution in [0.4, 0.5) is 5.69 Å². The summed E-state index contributed by atoms with van der Waals surface area (Å²) in [6, 6.07) is 15.7. The molecule has 170 valence electrons. The van der Waals surface area contributed by atoms with Crippen LogP contribution < -0.4 is 5.32 Å². The van der Waals surface area contributed by atoms with Crippen LogP contribution in [0.15, 0.2) is 48.5 Å². The lowest BCUT2D eigenvalue weighted by Crippen LogP contribution is -2.11. The number of rotatable bonds is 16. The molecule has 31 heavy (non-hydrogen) atoms. The van der Waals surface area contributed by atoms with Gasteiger partial charge in [0.05, 0.1) is 0 Å². The molecule has 0 saturated heterocycles. The Morgan fingerprint density at radius 3 is 1.94 bits per heavy atom. The molecule has 2 nitrogen and oxygen atoms in total. The molecule has 0 saturated carbocycles. The first-order valence-corrected chi connectivity index (χ1v) is 12.7. The van der Waals surface area contributed by atoms with E-state index in [0.717, 1.165) is 29.7 Å². The lowest BCUT2D eigenvalue weighted by molar-refractivity contribution is -0.116. The fourth-order valence-corrected chi connectivity index (χ4v) is 4.21. The number of carbonyl (C=O) groups is 1. The smallest absolute Gasteiger partial charge is 0.224 e. The zero-order chi connectivity index (χ0) is 22.2. The Labute approximate surface area is 194 Å². The molecule has 0 spiro atoms. The van der Waals surface area contributed by atoms with Crippen LogP contribution in [-0.4, -0.2) is 5.91 Å². The standard InChI is InChI=1S/C28H40ClNO/c1-2-3-4-5-6-7-8-9-10-11-12-13-14-22-28(31)30-27-21-16-15-20-26(27)24-18-17-19-25(29)23-24/h15-21,23H,2-14,22H2,1H3,(H,30,31). The summed E-state index contributed by atoms with van der Waals surface area (Å²) >= 11 is 6.13. The minimum atomic E-state index is 0.0950. The Morgan fingerprint density at radius 1 is 0.742 bits per heavy atom. The van der Waals surface area contributed by atoms with Gasteiger partial charge in [0.1, 0.15) is 0 Å². The summed E-state index contributed by atoms with van der Waals surface area (Å²) in [6.07, 6.45) is 17.7. The molecule has 0 aliphatic carbocycles. The fraction of sp³-hybridized carbons (Fsp3) is 0.536. The van der Waals surface area contributed by atoms with Gasteiger partial charge in [-0.15, -0.1) is 0 Å². The molecule has 2 aromatic rings. The third kappa shape index (κ3) is 10.9. The van der Waals surface area contributed by atoms with Crippen LogP contribution in [0, 0.1) is 0 Å². The van der Waals surface area contributed by atoms with Crippen LogP contribution in [-0.2, 0) is 4.79 Å². The highest BCUT2D eigenvalue weighted by molar-refractivity contribution is 6.30. The lowest BCUT2D eigenvalue weighted by atomic mass is 10.0. The van der Waals surface area contributed by atoms with E-state index >= 15 is 0 Å². The van der Waals surface area contributed by atoms with Gasteiger partial charge in [0.25, 0.3) is 0 Å². The number of hydrogen-bond donors (Lipinski definition) is 1. The predicted octanol–water partition coefficient (Wildman–Crippen LogP) is 9.43. The average molecular weight is 442 g/mol. The summed E-state index contributed by atoms with van der Waals surface area (Å²) in [7, 11) is 0. The molecule has 0 atom stereocenters. The van der Waals surface area contributed by atoms with Gasteiger partial charge in [-0.05, 0) is 30.2 Å². The highest BCUT2D eigenvalue weighted by atomic mass is 35.5. The van der Waals surface area contributed by atoms with Crippen molar-refractivity contribution in [3.05, 3.63) is 53.6 Å². The molecule has 3 heteroatoms. The van der Waals surface area contributed by atoms with Crippen LogP contribution in [0.5, 0.6) is 0 Å². The van der Waals surface area contributed by atoms with E-state index in [2.05, 4.69) is 12.2 Å². The van der Waals surface area contributed by atoms with E-state index in [4.69, 9.17) is 11.6 Å². The van der Waals surface area contributed by atoms with E-state index in [1.165, 1.54) is 70.6 Å². The Morgan fingerprint density at radius 2 is 1.32 bits per heavy atom. The first kappa shape index (κ1) is 25.5. The molecule has 0 aliphatic rings. The second-order valence-electron chi connectivity index (χ2n) is 8.60.